The van der Waals surface area contributed by atoms with Crippen LogP contribution in [0.4, 0.5) is 0 Å². The fourth-order valence-corrected chi connectivity index (χ4v) is 2.64. The summed E-state index contributed by atoms with van der Waals surface area (Å²) in [5, 5.41) is 19.7. The first kappa shape index (κ1) is 13.9. The van der Waals surface area contributed by atoms with Crippen LogP contribution in [0, 0.1) is 11.8 Å². The van der Waals surface area contributed by atoms with E-state index in [4.69, 9.17) is 4.74 Å². The Bertz CT molecular complexity index is 184. The van der Waals surface area contributed by atoms with Crippen molar-refractivity contribution in [1.29, 1.82) is 0 Å². The predicted octanol–water partition coefficient (Wildman–Crippen LogP) is 1.96. The molecule has 0 aromatic heterocycles. The quantitative estimate of drug-likeness (QED) is 0.733. The van der Waals surface area contributed by atoms with Gasteiger partial charge in [-0.1, -0.05) is 13.3 Å². The maximum atomic E-state index is 9.90. The number of rotatable bonds is 6. The Hall–Kier alpha value is -0.120. The molecule has 0 amide bonds. The normalized spacial score (nSPS) is 32.6. The Morgan fingerprint density at radius 3 is 2.69 bits per heavy atom. The van der Waals surface area contributed by atoms with Gasteiger partial charge in [0.25, 0.3) is 0 Å². The number of aliphatic hydroxyl groups is 2. The lowest BCUT2D eigenvalue weighted by atomic mass is 9.76. The standard InChI is InChI=1S/C13H26O3/c1-3-10-5-6-13(15)11(7-10)8-12(14)9-16-4-2/h10-15H,3-9H2,1-2H3. The summed E-state index contributed by atoms with van der Waals surface area (Å²) >= 11 is 0. The van der Waals surface area contributed by atoms with Crippen molar-refractivity contribution < 1.29 is 14.9 Å². The summed E-state index contributed by atoms with van der Waals surface area (Å²) in [6.07, 6.45) is 4.30. The maximum absolute atomic E-state index is 9.90. The van der Waals surface area contributed by atoms with Crippen molar-refractivity contribution in [1.82, 2.24) is 0 Å². The van der Waals surface area contributed by atoms with Crippen LogP contribution in [0.5, 0.6) is 0 Å². The molecule has 96 valence electrons. The fraction of sp³-hybridized carbons (Fsp3) is 1.00. The lowest BCUT2D eigenvalue weighted by Crippen LogP contribution is -2.33. The van der Waals surface area contributed by atoms with Crippen molar-refractivity contribution in [2.24, 2.45) is 11.8 Å². The molecule has 0 radical (unpaired) electrons. The van der Waals surface area contributed by atoms with Gasteiger partial charge in [0.05, 0.1) is 18.8 Å². The minimum absolute atomic E-state index is 0.223. The van der Waals surface area contributed by atoms with Crippen molar-refractivity contribution in [3.63, 3.8) is 0 Å². The first-order valence-corrected chi connectivity index (χ1v) is 6.61. The Kier molecular flexibility index (Phi) is 6.32. The molecule has 3 nitrogen and oxygen atoms in total. The molecule has 4 atom stereocenters. The zero-order chi connectivity index (χ0) is 12.0. The van der Waals surface area contributed by atoms with E-state index in [1.807, 2.05) is 6.92 Å². The van der Waals surface area contributed by atoms with Gasteiger partial charge >= 0.3 is 0 Å². The summed E-state index contributed by atoms with van der Waals surface area (Å²) in [4.78, 5) is 0. The Labute approximate surface area is 98.8 Å². The highest BCUT2D eigenvalue weighted by atomic mass is 16.5. The SMILES string of the molecule is CCOCC(O)CC1CC(CC)CCC1O. The van der Waals surface area contributed by atoms with Crippen LogP contribution in [-0.4, -0.2) is 35.6 Å². The van der Waals surface area contributed by atoms with Crippen molar-refractivity contribution in [2.45, 2.75) is 58.2 Å². The molecular weight excluding hydrogens is 204 g/mol. The minimum Gasteiger partial charge on any atom is -0.393 e. The van der Waals surface area contributed by atoms with Gasteiger partial charge in [-0.15, -0.1) is 0 Å². The second-order valence-corrected chi connectivity index (χ2v) is 4.96. The molecule has 1 rings (SSSR count). The van der Waals surface area contributed by atoms with Gasteiger partial charge in [0.2, 0.25) is 0 Å². The number of aliphatic hydroxyl groups excluding tert-OH is 2. The van der Waals surface area contributed by atoms with E-state index in [1.165, 1.54) is 6.42 Å². The zero-order valence-electron chi connectivity index (χ0n) is 10.6. The predicted molar refractivity (Wildman–Crippen MR) is 64.2 cm³/mol. The third-order valence-electron chi connectivity index (χ3n) is 3.72. The van der Waals surface area contributed by atoms with E-state index in [1.54, 1.807) is 0 Å². The lowest BCUT2D eigenvalue weighted by Gasteiger charge is -2.34. The van der Waals surface area contributed by atoms with Gasteiger partial charge in [-0.05, 0) is 44.4 Å². The first-order valence-electron chi connectivity index (χ1n) is 6.61. The maximum Gasteiger partial charge on any atom is 0.0777 e. The van der Waals surface area contributed by atoms with E-state index in [-0.39, 0.29) is 12.0 Å². The van der Waals surface area contributed by atoms with E-state index in [0.717, 1.165) is 25.2 Å². The van der Waals surface area contributed by atoms with Crippen molar-refractivity contribution in [2.75, 3.05) is 13.2 Å². The van der Waals surface area contributed by atoms with Crippen molar-refractivity contribution in [3.8, 4) is 0 Å². The fourth-order valence-electron chi connectivity index (χ4n) is 2.64. The van der Waals surface area contributed by atoms with Gasteiger partial charge in [-0.25, -0.2) is 0 Å². The van der Waals surface area contributed by atoms with Crippen LogP contribution >= 0.6 is 0 Å². The van der Waals surface area contributed by atoms with Gasteiger partial charge in [-0.3, -0.25) is 0 Å². The average Bonchev–Trinajstić information content (AvgIpc) is 2.29. The highest BCUT2D eigenvalue weighted by Gasteiger charge is 2.29. The summed E-state index contributed by atoms with van der Waals surface area (Å²) in [5.41, 5.74) is 0. The van der Waals surface area contributed by atoms with Crippen LogP contribution < -0.4 is 0 Å². The second-order valence-electron chi connectivity index (χ2n) is 4.96. The molecule has 0 heterocycles. The molecule has 1 fully saturated rings. The molecule has 3 heteroatoms. The van der Waals surface area contributed by atoms with Gasteiger partial charge in [-0.2, -0.15) is 0 Å². The number of ether oxygens (including phenoxy) is 1. The molecule has 4 unspecified atom stereocenters. The van der Waals surface area contributed by atoms with Gasteiger partial charge < -0.3 is 14.9 Å². The van der Waals surface area contributed by atoms with Crippen LogP contribution in [0.25, 0.3) is 0 Å². The molecular formula is C13H26O3. The third-order valence-corrected chi connectivity index (χ3v) is 3.72. The van der Waals surface area contributed by atoms with Crippen LogP contribution in [-0.2, 0) is 4.74 Å². The highest BCUT2D eigenvalue weighted by Crippen LogP contribution is 2.33. The van der Waals surface area contributed by atoms with Crippen LogP contribution in [0.15, 0.2) is 0 Å². The van der Waals surface area contributed by atoms with Crippen LogP contribution in [0.3, 0.4) is 0 Å². The summed E-state index contributed by atoms with van der Waals surface area (Å²) in [7, 11) is 0. The third kappa shape index (κ3) is 4.40. The number of hydrogen-bond donors (Lipinski definition) is 2. The Balaban J connectivity index is 2.32. The molecule has 0 saturated heterocycles. The van der Waals surface area contributed by atoms with E-state index in [0.29, 0.717) is 19.6 Å². The molecule has 1 aliphatic rings. The van der Waals surface area contributed by atoms with E-state index < -0.39 is 6.10 Å². The van der Waals surface area contributed by atoms with Gasteiger partial charge in [0, 0.05) is 6.61 Å². The smallest absolute Gasteiger partial charge is 0.0777 e. The molecule has 0 bridgehead atoms. The van der Waals surface area contributed by atoms with Crippen LogP contribution in [0.2, 0.25) is 0 Å². The Morgan fingerprint density at radius 1 is 1.31 bits per heavy atom. The molecule has 1 saturated carbocycles. The Morgan fingerprint density at radius 2 is 2.06 bits per heavy atom. The molecule has 2 N–H and O–H groups in total. The zero-order valence-corrected chi connectivity index (χ0v) is 10.6. The van der Waals surface area contributed by atoms with E-state index in [9.17, 15) is 10.2 Å². The number of hydrogen-bond acceptors (Lipinski definition) is 3. The lowest BCUT2D eigenvalue weighted by molar-refractivity contribution is -0.0125. The average molecular weight is 230 g/mol. The van der Waals surface area contributed by atoms with Crippen molar-refractivity contribution >= 4 is 0 Å². The van der Waals surface area contributed by atoms with Crippen LogP contribution in [0.1, 0.15) is 46.0 Å². The second kappa shape index (κ2) is 7.25. The summed E-state index contributed by atoms with van der Waals surface area (Å²) in [6, 6.07) is 0. The topological polar surface area (TPSA) is 49.7 Å². The van der Waals surface area contributed by atoms with Gasteiger partial charge in [0.15, 0.2) is 0 Å². The van der Waals surface area contributed by atoms with E-state index in [2.05, 4.69) is 6.92 Å². The monoisotopic (exact) mass is 230 g/mol. The van der Waals surface area contributed by atoms with Gasteiger partial charge in [0.1, 0.15) is 0 Å². The largest absolute Gasteiger partial charge is 0.393 e. The summed E-state index contributed by atoms with van der Waals surface area (Å²) in [5.74, 6) is 0.988. The molecule has 1 aliphatic carbocycles. The molecule has 0 spiro atoms. The summed E-state index contributed by atoms with van der Waals surface area (Å²) < 4.78 is 5.19. The molecule has 16 heavy (non-hydrogen) atoms. The van der Waals surface area contributed by atoms with Crippen molar-refractivity contribution in [3.05, 3.63) is 0 Å². The first-order chi connectivity index (χ1) is 7.67. The minimum atomic E-state index is -0.421. The highest BCUT2D eigenvalue weighted by molar-refractivity contribution is 4.81. The molecule has 0 aromatic carbocycles. The summed E-state index contributed by atoms with van der Waals surface area (Å²) in [6.45, 7) is 5.17. The van der Waals surface area contributed by atoms with E-state index >= 15 is 0 Å². The molecule has 0 aliphatic heterocycles. The molecule has 0 aromatic rings.